The number of carboxylic acids is 1. The number of carbonyl (C=O) groups is 2. The zero-order valence-corrected chi connectivity index (χ0v) is 12.8. The summed E-state index contributed by atoms with van der Waals surface area (Å²) in [6, 6.07) is -0.809. The van der Waals surface area contributed by atoms with Gasteiger partial charge in [0, 0.05) is 12.7 Å². The van der Waals surface area contributed by atoms with E-state index >= 15 is 0 Å². The third-order valence-electron chi connectivity index (χ3n) is 4.41. The molecule has 0 aromatic carbocycles. The Morgan fingerprint density at radius 1 is 1.29 bits per heavy atom. The van der Waals surface area contributed by atoms with Crippen LogP contribution in [-0.2, 0) is 11.8 Å². The predicted molar refractivity (Wildman–Crippen MR) is 78.1 cm³/mol. The van der Waals surface area contributed by atoms with Crippen molar-refractivity contribution < 1.29 is 14.7 Å². The number of carboxylic acid groups (broad SMARTS) is 1. The number of aliphatic carboxylic acids is 1. The molecule has 116 valence electrons. The molecule has 1 aliphatic rings. The van der Waals surface area contributed by atoms with Gasteiger partial charge in [-0.15, -0.1) is 0 Å². The molecule has 1 aromatic rings. The van der Waals surface area contributed by atoms with E-state index in [-0.39, 0.29) is 11.8 Å². The lowest BCUT2D eigenvalue weighted by Crippen LogP contribution is -2.46. The van der Waals surface area contributed by atoms with Crippen molar-refractivity contribution in [1.29, 1.82) is 0 Å². The van der Waals surface area contributed by atoms with Crippen LogP contribution < -0.4 is 5.32 Å². The Morgan fingerprint density at radius 3 is 2.38 bits per heavy atom. The number of hydrogen-bond donors (Lipinski definition) is 2. The molecule has 1 aromatic heterocycles. The lowest BCUT2D eigenvalue weighted by Gasteiger charge is -2.28. The highest BCUT2D eigenvalue weighted by Gasteiger charge is 2.32. The molecule has 0 aliphatic heterocycles. The molecule has 0 radical (unpaired) electrons. The number of nitrogens with zero attached hydrogens (tertiary/aromatic N) is 2. The number of aryl methyl sites for hydroxylation is 2. The van der Waals surface area contributed by atoms with Gasteiger partial charge in [-0.1, -0.05) is 19.3 Å². The van der Waals surface area contributed by atoms with Crippen LogP contribution in [0.2, 0.25) is 0 Å². The fourth-order valence-electron chi connectivity index (χ4n) is 3.16. The fraction of sp³-hybridized carbons (Fsp3) is 0.667. The molecule has 0 spiro atoms. The van der Waals surface area contributed by atoms with Gasteiger partial charge in [0.25, 0.3) is 5.91 Å². The zero-order valence-electron chi connectivity index (χ0n) is 12.8. The molecule has 1 fully saturated rings. The molecule has 1 unspecified atom stereocenters. The maximum atomic E-state index is 12.4. The van der Waals surface area contributed by atoms with Crippen LogP contribution in [0.25, 0.3) is 0 Å². The molecule has 1 heterocycles. The first-order chi connectivity index (χ1) is 9.91. The van der Waals surface area contributed by atoms with Gasteiger partial charge in [0.05, 0.1) is 11.3 Å². The Morgan fingerprint density at radius 2 is 1.90 bits per heavy atom. The first-order valence-electron chi connectivity index (χ1n) is 7.45. The number of rotatable bonds is 4. The van der Waals surface area contributed by atoms with Crippen molar-refractivity contribution in [1.82, 2.24) is 15.1 Å². The maximum Gasteiger partial charge on any atom is 0.326 e. The van der Waals surface area contributed by atoms with Crippen LogP contribution in [0.1, 0.15) is 53.8 Å². The molecule has 1 amide bonds. The summed E-state index contributed by atoms with van der Waals surface area (Å²) in [5.74, 6) is -1.26. The second-order valence-corrected chi connectivity index (χ2v) is 5.86. The van der Waals surface area contributed by atoms with Crippen LogP contribution in [0.3, 0.4) is 0 Å². The van der Waals surface area contributed by atoms with E-state index in [4.69, 9.17) is 0 Å². The topological polar surface area (TPSA) is 84.2 Å². The van der Waals surface area contributed by atoms with Crippen LogP contribution >= 0.6 is 0 Å². The van der Waals surface area contributed by atoms with E-state index in [2.05, 4.69) is 10.4 Å². The van der Waals surface area contributed by atoms with Gasteiger partial charge in [0.2, 0.25) is 0 Å². The van der Waals surface area contributed by atoms with Crippen LogP contribution in [0.15, 0.2) is 0 Å². The molecule has 1 aliphatic carbocycles. The summed E-state index contributed by atoms with van der Waals surface area (Å²) in [5.41, 5.74) is 1.86. The minimum absolute atomic E-state index is 0.0254. The highest BCUT2D eigenvalue weighted by atomic mass is 16.4. The van der Waals surface area contributed by atoms with Gasteiger partial charge in [-0.3, -0.25) is 9.48 Å². The van der Waals surface area contributed by atoms with Crippen molar-refractivity contribution in [2.24, 2.45) is 13.0 Å². The summed E-state index contributed by atoms with van der Waals surface area (Å²) >= 11 is 0. The van der Waals surface area contributed by atoms with Crippen molar-refractivity contribution in [3.8, 4) is 0 Å². The van der Waals surface area contributed by atoms with Crippen molar-refractivity contribution in [3.63, 3.8) is 0 Å². The van der Waals surface area contributed by atoms with Crippen LogP contribution in [0, 0.1) is 19.8 Å². The lowest BCUT2D eigenvalue weighted by molar-refractivity contribution is -0.141. The monoisotopic (exact) mass is 293 g/mol. The van der Waals surface area contributed by atoms with E-state index in [1.807, 2.05) is 6.92 Å². The fourth-order valence-corrected chi connectivity index (χ4v) is 3.16. The van der Waals surface area contributed by atoms with Crippen LogP contribution in [0.5, 0.6) is 0 Å². The third-order valence-corrected chi connectivity index (χ3v) is 4.41. The first-order valence-corrected chi connectivity index (χ1v) is 7.45. The normalized spacial score (nSPS) is 17.5. The Hall–Kier alpha value is -1.85. The molecule has 1 atom stereocenters. The Balaban J connectivity index is 2.16. The Kier molecular flexibility index (Phi) is 4.65. The van der Waals surface area contributed by atoms with Gasteiger partial charge in [0.1, 0.15) is 6.04 Å². The summed E-state index contributed by atoms with van der Waals surface area (Å²) in [4.78, 5) is 23.9. The van der Waals surface area contributed by atoms with Crippen molar-refractivity contribution in [2.45, 2.75) is 52.0 Å². The molecular formula is C15H23N3O3. The summed E-state index contributed by atoms with van der Waals surface area (Å²) in [6.45, 7) is 3.57. The zero-order chi connectivity index (χ0) is 15.6. The van der Waals surface area contributed by atoms with E-state index in [1.54, 1.807) is 18.7 Å². The molecule has 1 saturated carbocycles. The highest BCUT2D eigenvalue weighted by Crippen LogP contribution is 2.27. The SMILES string of the molecule is Cc1nn(C)c(C)c1C(=O)NC(C(=O)O)C1CCCCC1. The summed E-state index contributed by atoms with van der Waals surface area (Å²) < 4.78 is 1.64. The quantitative estimate of drug-likeness (QED) is 0.886. The van der Waals surface area contributed by atoms with E-state index in [0.29, 0.717) is 11.3 Å². The van der Waals surface area contributed by atoms with Crippen molar-refractivity contribution in [3.05, 3.63) is 17.0 Å². The summed E-state index contributed by atoms with van der Waals surface area (Å²) in [7, 11) is 1.77. The lowest BCUT2D eigenvalue weighted by atomic mass is 9.84. The third kappa shape index (κ3) is 3.25. The molecule has 0 bridgehead atoms. The van der Waals surface area contributed by atoms with Gasteiger partial charge < -0.3 is 10.4 Å². The average Bonchev–Trinajstić information content (AvgIpc) is 2.70. The smallest absolute Gasteiger partial charge is 0.326 e. The Labute approximate surface area is 124 Å². The average molecular weight is 293 g/mol. The van der Waals surface area contributed by atoms with E-state index in [1.165, 1.54) is 0 Å². The molecular weight excluding hydrogens is 270 g/mol. The van der Waals surface area contributed by atoms with Gasteiger partial charge in [-0.05, 0) is 32.6 Å². The number of aromatic nitrogens is 2. The molecule has 2 N–H and O–H groups in total. The second kappa shape index (κ2) is 6.28. The largest absolute Gasteiger partial charge is 0.480 e. The molecule has 2 rings (SSSR count). The van der Waals surface area contributed by atoms with Crippen LogP contribution in [-0.4, -0.2) is 32.8 Å². The van der Waals surface area contributed by atoms with Gasteiger partial charge in [0.15, 0.2) is 0 Å². The first kappa shape index (κ1) is 15.5. The number of hydrogen-bond acceptors (Lipinski definition) is 3. The van der Waals surface area contributed by atoms with E-state index in [9.17, 15) is 14.7 Å². The van der Waals surface area contributed by atoms with Crippen molar-refractivity contribution >= 4 is 11.9 Å². The number of amides is 1. The van der Waals surface area contributed by atoms with E-state index in [0.717, 1.165) is 37.8 Å². The maximum absolute atomic E-state index is 12.4. The minimum atomic E-state index is -0.950. The standard InChI is InChI=1S/C15H23N3O3/c1-9-12(10(2)18(3)17-9)14(19)16-13(15(20)21)11-7-5-4-6-8-11/h11,13H,4-8H2,1-3H3,(H,16,19)(H,20,21). The summed E-state index contributed by atoms with van der Waals surface area (Å²) in [6.07, 6.45) is 4.95. The summed E-state index contributed by atoms with van der Waals surface area (Å²) in [5, 5.41) is 16.3. The van der Waals surface area contributed by atoms with Crippen LogP contribution in [0.4, 0.5) is 0 Å². The number of carbonyl (C=O) groups excluding carboxylic acids is 1. The van der Waals surface area contributed by atoms with Gasteiger partial charge in [-0.25, -0.2) is 4.79 Å². The Bertz CT molecular complexity index is 545. The predicted octanol–water partition coefficient (Wildman–Crippen LogP) is 1.80. The van der Waals surface area contributed by atoms with E-state index < -0.39 is 12.0 Å². The second-order valence-electron chi connectivity index (χ2n) is 5.86. The molecule has 0 saturated heterocycles. The number of nitrogens with one attached hydrogen (secondary N) is 1. The minimum Gasteiger partial charge on any atom is -0.480 e. The highest BCUT2D eigenvalue weighted by molar-refractivity contribution is 5.98. The van der Waals surface area contributed by atoms with Gasteiger partial charge in [-0.2, -0.15) is 5.10 Å². The van der Waals surface area contributed by atoms with Crippen molar-refractivity contribution in [2.75, 3.05) is 0 Å². The van der Waals surface area contributed by atoms with Gasteiger partial charge >= 0.3 is 5.97 Å². The molecule has 6 heteroatoms. The molecule has 6 nitrogen and oxygen atoms in total. The molecule has 21 heavy (non-hydrogen) atoms.